The molecule has 0 spiro atoms. The monoisotopic (exact) mass is 323 g/mol. The van der Waals surface area contributed by atoms with Crippen molar-refractivity contribution in [2.75, 3.05) is 0 Å². The molecule has 1 rings (SSSR count). The third-order valence-electron chi connectivity index (χ3n) is 2.85. The fraction of sp³-hybridized carbons (Fsp3) is 0.500. The molecule has 0 radical (unpaired) electrons. The quantitative estimate of drug-likeness (QED) is 0.435. The first-order chi connectivity index (χ1) is 8.34. The third-order valence-corrected chi connectivity index (χ3v) is 3.59. The molecule has 0 amide bonds. The van der Waals surface area contributed by atoms with E-state index in [9.17, 15) is 0 Å². The molecule has 0 unspecified atom stereocenters. The zero-order valence-electron chi connectivity index (χ0n) is 11.4. The molecule has 1 N–H and O–H groups in total. The lowest BCUT2D eigenvalue weighted by Crippen LogP contribution is -2.20. The van der Waals surface area contributed by atoms with Gasteiger partial charge in [0.25, 0.3) is 0 Å². The van der Waals surface area contributed by atoms with Gasteiger partial charge in [-0.2, -0.15) is 0 Å². The van der Waals surface area contributed by atoms with Crippen LogP contribution in [0.2, 0.25) is 10.0 Å². The number of hydrogen-bond donors (Lipinski definition) is 1. The predicted molar refractivity (Wildman–Crippen MR) is 85.3 cm³/mol. The minimum atomic E-state index is -0.0909. The zero-order chi connectivity index (χ0) is 13.8. The molecule has 0 saturated carbocycles. The van der Waals surface area contributed by atoms with Gasteiger partial charge in [-0.05, 0) is 37.0 Å². The summed E-state index contributed by atoms with van der Waals surface area (Å²) in [7, 11) is 0. The largest absolute Gasteiger partial charge is 0.411 e. The molecular formula is C14H20Cl3NO. The molecule has 2 nitrogen and oxygen atoms in total. The Kier molecular flexibility index (Phi) is 7.80. The molecule has 108 valence electrons. The maximum atomic E-state index is 8.99. The van der Waals surface area contributed by atoms with Crippen LogP contribution in [0, 0.1) is 5.41 Å². The van der Waals surface area contributed by atoms with Crippen molar-refractivity contribution in [1.82, 2.24) is 0 Å². The molecule has 0 aliphatic carbocycles. The minimum Gasteiger partial charge on any atom is -0.411 e. The van der Waals surface area contributed by atoms with E-state index >= 15 is 0 Å². The molecule has 0 heterocycles. The van der Waals surface area contributed by atoms with Crippen LogP contribution >= 0.6 is 35.6 Å². The Labute approximate surface area is 131 Å². The van der Waals surface area contributed by atoms with E-state index < -0.39 is 0 Å². The van der Waals surface area contributed by atoms with E-state index in [0.717, 1.165) is 30.5 Å². The van der Waals surface area contributed by atoms with Crippen LogP contribution in [0.25, 0.3) is 0 Å². The maximum Gasteiger partial charge on any atom is 0.0624 e. The summed E-state index contributed by atoms with van der Waals surface area (Å²) >= 11 is 11.8. The van der Waals surface area contributed by atoms with Gasteiger partial charge in [0.05, 0.1) is 15.8 Å². The normalized spacial score (nSPS) is 12.2. The lowest BCUT2D eigenvalue weighted by atomic mass is 9.87. The van der Waals surface area contributed by atoms with Crippen molar-refractivity contribution >= 4 is 41.3 Å². The molecule has 0 saturated heterocycles. The first-order valence-electron chi connectivity index (χ1n) is 6.00. The Hall–Kier alpha value is -0.440. The first kappa shape index (κ1) is 18.6. The predicted octanol–water partition coefficient (Wildman–Crippen LogP) is 5.61. The lowest BCUT2D eigenvalue weighted by Gasteiger charge is -2.19. The summed E-state index contributed by atoms with van der Waals surface area (Å²) in [5.41, 5.74) is 1.88. The molecule has 0 aliphatic rings. The van der Waals surface area contributed by atoms with Gasteiger partial charge in [0.15, 0.2) is 0 Å². The molecule has 0 aliphatic heterocycles. The van der Waals surface area contributed by atoms with E-state index in [1.165, 1.54) is 0 Å². The Morgan fingerprint density at radius 1 is 1.21 bits per heavy atom. The Bertz CT molecular complexity index is 439. The van der Waals surface area contributed by atoms with Crippen LogP contribution in [0.5, 0.6) is 0 Å². The van der Waals surface area contributed by atoms with Crippen molar-refractivity contribution in [3.63, 3.8) is 0 Å². The van der Waals surface area contributed by atoms with Crippen molar-refractivity contribution in [1.29, 1.82) is 0 Å². The summed E-state index contributed by atoms with van der Waals surface area (Å²) in [5, 5.41) is 13.5. The van der Waals surface area contributed by atoms with E-state index in [2.05, 4.69) is 5.16 Å². The van der Waals surface area contributed by atoms with Crippen molar-refractivity contribution in [2.24, 2.45) is 10.6 Å². The van der Waals surface area contributed by atoms with Crippen LogP contribution in [0.15, 0.2) is 23.4 Å². The number of rotatable bonds is 4. The number of aryl methyl sites for hydroxylation is 1. The van der Waals surface area contributed by atoms with Gasteiger partial charge >= 0.3 is 0 Å². The Balaban J connectivity index is 0.00000324. The fourth-order valence-corrected chi connectivity index (χ4v) is 2.05. The molecule has 5 heteroatoms. The van der Waals surface area contributed by atoms with Gasteiger partial charge in [0.2, 0.25) is 0 Å². The number of nitrogens with zero attached hydrogens (tertiary/aromatic N) is 1. The van der Waals surface area contributed by atoms with Gasteiger partial charge in [-0.15, -0.1) is 12.4 Å². The minimum absolute atomic E-state index is 0. The van der Waals surface area contributed by atoms with Gasteiger partial charge in [-0.1, -0.05) is 55.2 Å². The smallest absolute Gasteiger partial charge is 0.0624 e. The Morgan fingerprint density at radius 2 is 1.84 bits per heavy atom. The Morgan fingerprint density at radius 3 is 2.32 bits per heavy atom. The average molecular weight is 325 g/mol. The van der Waals surface area contributed by atoms with Crippen LogP contribution in [0.1, 0.15) is 39.2 Å². The van der Waals surface area contributed by atoms with E-state index in [1.807, 2.05) is 39.0 Å². The summed E-state index contributed by atoms with van der Waals surface area (Å²) in [6.07, 6.45) is 2.60. The number of oxime groups is 1. The van der Waals surface area contributed by atoms with E-state index in [-0.39, 0.29) is 17.8 Å². The molecule has 0 atom stereocenters. The number of benzene rings is 1. The topological polar surface area (TPSA) is 32.6 Å². The van der Waals surface area contributed by atoms with Crippen LogP contribution in [-0.4, -0.2) is 10.9 Å². The van der Waals surface area contributed by atoms with E-state index in [0.29, 0.717) is 10.0 Å². The fourth-order valence-electron chi connectivity index (χ4n) is 1.73. The van der Waals surface area contributed by atoms with Crippen LogP contribution in [0.3, 0.4) is 0 Å². The van der Waals surface area contributed by atoms with Gasteiger partial charge in [-0.25, -0.2) is 0 Å². The lowest BCUT2D eigenvalue weighted by molar-refractivity contribution is 0.308. The number of halogens is 3. The highest BCUT2D eigenvalue weighted by molar-refractivity contribution is 6.42. The summed E-state index contributed by atoms with van der Waals surface area (Å²) in [6, 6.07) is 5.67. The number of hydrogen-bond acceptors (Lipinski definition) is 2. The van der Waals surface area contributed by atoms with Crippen molar-refractivity contribution in [3.05, 3.63) is 33.8 Å². The summed E-state index contributed by atoms with van der Waals surface area (Å²) in [6.45, 7) is 6.13. The van der Waals surface area contributed by atoms with Gasteiger partial charge in [-0.3, -0.25) is 0 Å². The van der Waals surface area contributed by atoms with Gasteiger partial charge in [0, 0.05) is 5.41 Å². The van der Waals surface area contributed by atoms with E-state index in [1.54, 1.807) is 0 Å². The molecule has 0 bridgehead atoms. The second kappa shape index (κ2) is 7.98. The molecule has 1 aromatic carbocycles. The van der Waals surface area contributed by atoms with Crippen LogP contribution in [0.4, 0.5) is 0 Å². The van der Waals surface area contributed by atoms with Gasteiger partial charge in [0.1, 0.15) is 0 Å². The van der Waals surface area contributed by atoms with Gasteiger partial charge < -0.3 is 5.21 Å². The summed E-state index contributed by atoms with van der Waals surface area (Å²) in [5.74, 6) is 0. The summed E-state index contributed by atoms with van der Waals surface area (Å²) < 4.78 is 0. The molecule has 0 aromatic heterocycles. The first-order valence-corrected chi connectivity index (χ1v) is 6.75. The van der Waals surface area contributed by atoms with E-state index in [4.69, 9.17) is 28.4 Å². The summed E-state index contributed by atoms with van der Waals surface area (Å²) in [4.78, 5) is 0. The highest BCUT2D eigenvalue weighted by Gasteiger charge is 2.18. The second-order valence-corrected chi connectivity index (χ2v) is 6.21. The van der Waals surface area contributed by atoms with Crippen LogP contribution < -0.4 is 0 Å². The molecule has 0 fully saturated rings. The maximum absolute atomic E-state index is 8.99. The zero-order valence-corrected chi connectivity index (χ0v) is 13.7. The SMILES string of the molecule is CC(C)(C)C(CCCc1ccc(Cl)c(Cl)c1)=NO.Cl. The average Bonchev–Trinajstić information content (AvgIpc) is 2.27. The highest BCUT2D eigenvalue weighted by atomic mass is 35.5. The molecule has 1 aromatic rings. The van der Waals surface area contributed by atoms with Crippen molar-refractivity contribution in [3.8, 4) is 0 Å². The standard InChI is InChI=1S/C14H19Cl2NO.ClH/c1-14(2,3)13(17-18)6-4-5-10-7-8-11(15)12(16)9-10;/h7-9,18H,4-6H2,1-3H3;1H. The third kappa shape index (κ3) is 6.03. The highest BCUT2D eigenvalue weighted by Crippen LogP contribution is 2.24. The molecular weight excluding hydrogens is 305 g/mol. The molecule has 19 heavy (non-hydrogen) atoms. The second-order valence-electron chi connectivity index (χ2n) is 5.40. The van der Waals surface area contributed by atoms with Crippen LogP contribution in [-0.2, 0) is 6.42 Å². The van der Waals surface area contributed by atoms with Crippen molar-refractivity contribution < 1.29 is 5.21 Å². The van der Waals surface area contributed by atoms with Crippen molar-refractivity contribution in [2.45, 2.75) is 40.0 Å².